The Labute approximate surface area is 128 Å². The maximum absolute atomic E-state index is 5.73. The number of benzene rings is 1. The largest absolute Gasteiger partial charge is 0.379 e. The highest BCUT2D eigenvalue weighted by Gasteiger charge is 2.07. The van der Waals surface area contributed by atoms with E-state index in [2.05, 4.69) is 51.7 Å². The molecule has 2 rings (SSSR count). The minimum absolute atomic E-state index is 0.647. The van der Waals surface area contributed by atoms with Crippen LogP contribution in [0.3, 0.4) is 0 Å². The quantitative estimate of drug-likeness (QED) is 0.656. The van der Waals surface area contributed by atoms with Crippen LogP contribution < -0.4 is 10.6 Å². The molecule has 0 spiro atoms. The van der Waals surface area contributed by atoms with Crippen LogP contribution in [-0.4, -0.2) is 24.5 Å². The van der Waals surface area contributed by atoms with Crippen molar-refractivity contribution in [1.82, 2.24) is 0 Å². The fourth-order valence-corrected chi connectivity index (χ4v) is 2.81. The lowest BCUT2D eigenvalue weighted by Crippen LogP contribution is -2.25. The van der Waals surface area contributed by atoms with Gasteiger partial charge in [0.25, 0.3) is 0 Å². The number of hydrogen-bond donors (Lipinski definition) is 1. The molecule has 20 heavy (non-hydrogen) atoms. The molecule has 3 nitrogen and oxygen atoms in total. The molecule has 0 saturated heterocycles. The molecule has 5 heteroatoms. The molecule has 0 aliphatic heterocycles. The molecular weight excluding hydrogens is 286 g/mol. The predicted octanol–water partition coefficient (Wildman–Crippen LogP) is 3.43. The fraction of sp³-hybridized carbons (Fsp3) is 0.267. The summed E-state index contributed by atoms with van der Waals surface area (Å²) < 4.78 is 0. The minimum Gasteiger partial charge on any atom is -0.379 e. The minimum atomic E-state index is 0.647. The highest BCUT2D eigenvalue weighted by molar-refractivity contribution is 8.13. The Bertz CT molecular complexity index is 523. The third kappa shape index (κ3) is 4.58. The van der Waals surface area contributed by atoms with Crippen molar-refractivity contribution in [3.8, 4) is 0 Å². The first-order valence-electron chi connectivity index (χ1n) is 6.46. The van der Waals surface area contributed by atoms with Gasteiger partial charge in [-0.15, -0.1) is 11.3 Å². The van der Waals surface area contributed by atoms with Gasteiger partial charge in [-0.25, -0.2) is 0 Å². The second-order valence-corrected chi connectivity index (χ2v) is 6.12. The third-order valence-corrected chi connectivity index (χ3v) is 4.30. The van der Waals surface area contributed by atoms with Crippen molar-refractivity contribution >= 4 is 34.0 Å². The van der Waals surface area contributed by atoms with Gasteiger partial charge in [0, 0.05) is 17.1 Å². The van der Waals surface area contributed by atoms with Gasteiger partial charge in [0.2, 0.25) is 0 Å². The zero-order chi connectivity index (χ0) is 14.2. The third-order valence-electron chi connectivity index (χ3n) is 2.89. The van der Waals surface area contributed by atoms with Gasteiger partial charge in [-0.1, -0.05) is 36.0 Å². The van der Waals surface area contributed by atoms with E-state index in [1.165, 1.54) is 22.3 Å². The van der Waals surface area contributed by atoms with Crippen LogP contribution in [0.4, 0.5) is 5.69 Å². The van der Waals surface area contributed by atoms with Gasteiger partial charge >= 0.3 is 0 Å². The standard InChI is InChI=1S/C15H19N3S2/c1-19-15(16)17-9-10-18(12-14-8-5-11-20-14)13-6-3-2-4-7-13/h2-8,11H,9-10,12H2,1H3,(H2,16,17). The summed E-state index contributed by atoms with van der Waals surface area (Å²) in [7, 11) is 0. The second-order valence-electron chi connectivity index (χ2n) is 4.26. The number of amidine groups is 1. The van der Waals surface area contributed by atoms with E-state index in [0.29, 0.717) is 11.7 Å². The van der Waals surface area contributed by atoms with Crippen LogP contribution in [0.2, 0.25) is 0 Å². The van der Waals surface area contributed by atoms with Gasteiger partial charge < -0.3 is 10.6 Å². The summed E-state index contributed by atoms with van der Waals surface area (Å²) in [6.45, 7) is 2.49. The van der Waals surface area contributed by atoms with E-state index in [1.54, 1.807) is 11.3 Å². The molecule has 1 heterocycles. The number of thioether (sulfide) groups is 1. The average Bonchev–Trinajstić information content (AvgIpc) is 3.00. The van der Waals surface area contributed by atoms with E-state index in [0.717, 1.165) is 13.1 Å². The molecule has 2 N–H and O–H groups in total. The second kappa shape index (κ2) is 7.97. The van der Waals surface area contributed by atoms with Gasteiger partial charge in [0.05, 0.1) is 13.1 Å². The Balaban J connectivity index is 2.04. The number of thiophene rings is 1. The van der Waals surface area contributed by atoms with Gasteiger partial charge in [0.1, 0.15) is 0 Å². The Morgan fingerprint density at radius 1 is 1.25 bits per heavy atom. The number of rotatable bonds is 6. The SMILES string of the molecule is CSC(N)=NCCN(Cc1cccs1)c1ccccc1. The smallest absolute Gasteiger partial charge is 0.153 e. The molecule has 1 aromatic heterocycles. The Morgan fingerprint density at radius 2 is 2.05 bits per heavy atom. The lowest BCUT2D eigenvalue weighted by atomic mass is 10.2. The lowest BCUT2D eigenvalue weighted by Gasteiger charge is -2.23. The van der Waals surface area contributed by atoms with Crippen molar-refractivity contribution in [2.75, 3.05) is 24.2 Å². The van der Waals surface area contributed by atoms with Gasteiger partial charge in [0.15, 0.2) is 5.17 Å². The van der Waals surface area contributed by atoms with Crippen LogP contribution in [0.15, 0.2) is 52.8 Å². The number of nitrogens with zero attached hydrogens (tertiary/aromatic N) is 2. The summed E-state index contributed by atoms with van der Waals surface area (Å²) in [5, 5.41) is 2.76. The van der Waals surface area contributed by atoms with Gasteiger partial charge in [-0.3, -0.25) is 4.99 Å². The molecule has 0 amide bonds. The number of anilines is 1. The van der Waals surface area contributed by atoms with E-state index in [-0.39, 0.29) is 0 Å². The number of para-hydroxylation sites is 1. The monoisotopic (exact) mass is 305 g/mol. The van der Waals surface area contributed by atoms with Crippen LogP contribution in [0.1, 0.15) is 4.88 Å². The van der Waals surface area contributed by atoms with Crippen molar-refractivity contribution in [2.24, 2.45) is 10.7 Å². The van der Waals surface area contributed by atoms with Crippen LogP contribution in [0.25, 0.3) is 0 Å². The van der Waals surface area contributed by atoms with Crippen molar-refractivity contribution < 1.29 is 0 Å². The Kier molecular flexibility index (Phi) is 5.95. The predicted molar refractivity (Wildman–Crippen MR) is 91.8 cm³/mol. The van der Waals surface area contributed by atoms with E-state index >= 15 is 0 Å². The molecule has 0 aliphatic carbocycles. The summed E-state index contributed by atoms with van der Waals surface area (Å²) in [6, 6.07) is 14.7. The first-order chi connectivity index (χ1) is 9.79. The summed E-state index contributed by atoms with van der Waals surface area (Å²) >= 11 is 3.27. The van der Waals surface area contributed by atoms with E-state index in [9.17, 15) is 0 Å². The normalized spacial score (nSPS) is 11.6. The van der Waals surface area contributed by atoms with Crippen LogP contribution in [-0.2, 0) is 6.54 Å². The zero-order valence-electron chi connectivity index (χ0n) is 11.5. The van der Waals surface area contributed by atoms with Crippen molar-refractivity contribution in [1.29, 1.82) is 0 Å². The maximum atomic E-state index is 5.73. The van der Waals surface area contributed by atoms with E-state index in [1.807, 2.05) is 12.3 Å². The number of aliphatic imine (C=N–C) groups is 1. The van der Waals surface area contributed by atoms with E-state index in [4.69, 9.17) is 5.73 Å². The van der Waals surface area contributed by atoms with Crippen LogP contribution in [0.5, 0.6) is 0 Å². The molecule has 106 valence electrons. The van der Waals surface area contributed by atoms with Gasteiger partial charge in [-0.2, -0.15) is 0 Å². The maximum Gasteiger partial charge on any atom is 0.153 e. The Hall–Kier alpha value is -1.46. The molecule has 1 aromatic carbocycles. The van der Waals surface area contributed by atoms with E-state index < -0.39 is 0 Å². The first-order valence-corrected chi connectivity index (χ1v) is 8.56. The van der Waals surface area contributed by atoms with Crippen molar-refractivity contribution in [3.05, 3.63) is 52.7 Å². The molecule has 0 unspecified atom stereocenters. The Morgan fingerprint density at radius 3 is 2.70 bits per heavy atom. The van der Waals surface area contributed by atoms with Crippen LogP contribution in [0, 0.1) is 0 Å². The summed E-state index contributed by atoms with van der Waals surface area (Å²) in [4.78, 5) is 8.05. The molecule has 0 fully saturated rings. The highest BCUT2D eigenvalue weighted by Crippen LogP contribution is 2.19. The van der Waals surface area contributed by atoms with Crippen LogP contribution >= 0.6 is 23.1 Å². The average molecular weight is 305 g/mol. The van der Waals surface area contributed by atoms with Crippen molar-refractivity contribution in [3.63, 3.8) is 0 Å². The highest BCUT2D eigenvalue weighted by atomic mass is 32.2. The number of hydrogen-bond acceptors (Lipinski definition) is 4. The molecular formula is C15H19N3S2. The fourth-order valence-electron chi connectivity index (χ4n) is 1.87. The topological polar surface area (TPSA) is 41.6 Å². The molecule has 2 aromatic rings. The molecule has 0 atom stereocenters. The summed E-state index contributed by atoms with van der Waals surface area (Å²) in [6.07, 6.45) is 1.94. The number of nitrogens with two attached hydrogens (primary N) is 1. The zero-order valence-corrected chi connectivity index (χ0v) is 13.2. The van der Waals surface area contributed by atoms with Gasteiger partial charge in [-0.05, 0) is 29.8 Å². The summed E-state index contributed by atoms with van der Waals surface area (Å²) in [5.41, 5.74) is 6.95. The van der Waals surface area contributed by atoms with Crippen molar-refractivity contribution in [2.45, 2.75) is 6.54 Å². The molecule has 0 saturated carbocycles. The molecule has 0 radical (unpaired) electrons. The summed E-state index contributed by atoms with van der Waals surface area (Å²) in [5.74, 6) is 0. The molecule has 0 aliphatic rings. The molecule has 0 bridgehead atoms. The lowest BCUT2D eigenvalue weighted by molar-refractivity contribution is 0.799. The first kappa shape index (κ1) is 14.9.